The first-order chi connectivity index (χ1) is 9.81. The lowest BCUT2D eigenvalue weighted by Crippen LogP contribution is -2.09. The SMILES string of the molecule is C=CC(=O)OCCOCCc1cccc2ccccc12. The molecule has 0 aliphatic carbocycles. The number of carbonyl (C=O) groups is 1. The number of benzene rings is 2. The number of fused-ring (bicyclic) bond motifs is 1. The molecule has 0 bridgehead atoms. The van der Waals surface area contributed by atoms with Crippen LogP contribution in [0, 0.1) is 0 Å². The van der Waals surface area contributed by atoms with Crippen LogP contribution in [0.15, 0.2) is 55.1 Å². The minimum atomic E-state index is -0.414. The van der Waals surface area contributed by atoms with Gasteiger partial charge in [0.1, 0.15) is 6.61 Å². The van der Waals surface area contributed by atoms with E-state index in [1.165, 1.54) is 16.3 Å². The van der Waals surface area contributed by atoms with E-state index in [1.54, 1.807) is 0 Å². The summed E-state index contributed by atoms with van der Waals surface area (Å²) < 4.78 is 10.3. The number of rotatable bonds is 7. The van der Waals surface area contributed by atoms with E-state index in [4.69, 9.17) is 9.47 Å². The molecule has 104 valence electrons. The zero-order valence-corrected chi connectivity index (χ0v) is 11.4. The number of hydrogen-bond acceptors (Lipinski definition) is 3. The van der Waals surface area contributed by atoms with Gasteiger partial charge in [-0.1, -0.05) is 49.0 Å². The van der Waals surface area contributed by atoms with E-state index < -0.39 is 5.97 Å². The van der Waals surface area contributed by atoms with Crippen molar-refractivity contribution in [2.24, 2.45) is 0 Å². The Morgan fingerprint density at radius 1 is 1.05 bits per heavy atom. The molecule has 0 amide bonds. The summed E-state index contributed by atoms with van der Waals surface area (Å²) in [5.41, 5.74) is 1.27. The zero-order chi connectivity index (χ0) is 14.2. The Labute approximate surface area is 118 Å². The Morgan fingerprint density at radius 3 is 2.70 bits per heavy atom. The first-order valence-electron chi connectivity index (χ1n) is 6.65. The maximum atomic E-state index is 10.8. The van der Waals surface area contributed by atoms with Gasteiger partial charge in [-0.25, -0.2) is 4.79 Å². The lowest BCUT2D eigenvalue weighted by molar-refractivity contribution is -0.139. The van der Waals surface area contributed by atoms with E-state index in [0.29, 0.717) is 13.2 Å². The Bertz CT molecular complexity index is 584. The van der Waals surface area contributed by atoms with E-state index in [9.17, 15) is 4.79 Å². The predicted molar refractivity (Wildman–Crippen MR) is 79.6 cm³/mol. The standard InChI is InChI=1S/C17H18O3/c1-2-17(18)20-13-12-19-11-10-15-8-5-7-14-6-3-4-9-16(14)15/h2-9H,1,10-13H2. The van der Waals surface area contributed by atoms with Gasteiger partial charge in [0.25, 0.3) is 0 Å². The van der Waals surface area contributed by atoms with Crippen molar-refractivity contribution < 1.29 is 14.3 Å². The molecule has 0 fully saturated rings. The Balaban J connectivity index is 1.79. The molecule has 0 saturated carbocycles. The third-order valence-electron chi connectivity index (χ3n) is 3.03. The van der Waals surface area contributed by atoms with E-state index in [2.05, 4.69) is 36.9 Å². The van der Waals surface area contributed by atoms with Crippen LogP contribution in [0.3, 0.4) is 0 Å². The fourth-order valence-electron chi connectivity index (χ4n) is 2.05. The van der Waals surface area contributed by atoms with Gasteiger partial charge >= 0.3 is 5.97 Å². The molecule has 0 atom stereocenters. The Hall–Kier alpha value is -2.13. The Kier molecular flexibility index (Phi) is 5.33. The molecule has 3 heteroatoms. The normalized spacial score (nSPS) is 10.4. The fourth-order valence-corrected chi connectivity index (χ4v) is 2.05. The minimum Gasteiger partial charge on any atom is -0.460 e. The van der Waals surface area contributed by atoms with Crippen LogP contribution in [0.1, 0.15) is 5.56 Å². The quantitative estimate of drug-likeness (QED) is 0.440. The van der Waals surface area contributed by atoms with E-state index in [0.717, 1.165) is 12.5 Å². The molecule has 0 unspecified atom stereocenters. The van der Waals surface area contributed by atoms with Crippen LogP contribution in [-0.2, 0) is 20.7 Å². The van der Waals surface area contributed by atoms with Gasteiger partial charge in [0, 0.05) is 6.08 Å². The van der Waals surface area contributed by atoms with Gasteiger partial charge in [0.15, 0.2) is 0 Å². The second kappa shape index (κ2) is 7.46. The minimum absolute atomic E-state index is 0.264. The van der Waals surface area contributed by atoms with Gasteiger partial charge in [0.2, 0.25) is 0 Å². The van der Waals surface area contributed by atoms with Crippen molar-refractivity contribution in [3.8, 4) is 0 Å². The highest BCUT2D eigenvalue weighted by Crippen LogP contribution is 2.18. The van der Waals surface area contributed by atoms with Crippen molar-refractivity contribution in [1.82, 2.24) is 0 Å². The average molecular weight is 270 g/mol. The fraction of sp³-hybridized carbons (Fsp3) is 0.235. The van der Waals surface area contributed by atoms with Crippen LogP contribution < -0.4 is 0 Å². The molecule has 0 N–H and O–H groups in total. The van der Waals surface area contributed by atoms with Gasteiger partial charge in [-0.3, -0.25) is 0 Å². The topological polar surface area (TPSA) is 35.5 Å². The predicted octanol–water partition coefficient (Wildman–Crippen LogP) is 3.13. The van der Waals surface area contributed by atoms with Crippen LogP contribution in [0.2, 0.25) is 0 Å². The first-order valence-corrected chi connectivity index (χ1v) is 6.65. The van der Waals surface area contributed by atoms with Crippen LogP contribution in [0.25, 0.3) is 10.8 Å². The molecule has 2 aromatic carbocycles. The molecule has 3 nitrogen and oxygen atoms in total. The molecular weight excluding hydrogens is 252 g/mol. The van der Waals surface area contributed by atoms with Gasteiger partial charge in [-0.15, -0.1) is 0 Å². The second-order valence-electron chi connectivity index (χ2n) is 4.37. The first kappa shape index (κ1) is 14.3. The molecular formula is C17H18O3. The summed E-state index contributed by atoms with van der Waals surface area (Å²) in [6.07, 6.45) is 1.99. The molecule has 0 aliphatic heterocycles. The summed E-state index contributed by atoms with van der Waals surface area (Å²) in [4.78, 5) is 10.8. The van der Waals surface area contributed by atoms with Crippen LogP contribution in [0.4, 0.5) is 0 Å². The molecule has 2 rings (SSSR count). The number of esters is 1. The van der Waals surface area contributed by atoms with Crippen LogP contribution in [0.5, 0.6) is 0 Å². The molecule has 2 aromatic rings. The van der Waals surface area contributed by atoms with Crippen LogP contribution >= 0.6 is 0 Å². The van der Waals surface area contributed by atoms with Crippen molar-refractivity contribution >= 4 is 16.7 Å². The van der Waals surface area contributed by atoms with Crippen molar-refractivity contribution in [2.75, 3.05) is 19.8 Å². The lowest BCUT2D eigenvalue weighted by atomic mass is 10.0. The van der Waals surface area contributed by atoms with E-state index in [-0.39, 0.29) is 6.61 Å². The largest absolute Gasteiger partial charge is 0.460 e. The smallest absolute Gasteiger partial charge is 0.330 e. The molecule has 0 spiro atoms. The van der Waals surface area contributed by atoms with Crippen molar-refractivity contribution in [3.63, 3.8) is 0 Å². The third kappa shape index (κ3) is 3.93. The summed E-state index contributed by atoms with van der Waals surface area (Å²) in [7, 11) is 0. The highest BCUT2D eigenvalue weighted by Gasteiger charge is 2.00. The highest BCUT2D eigenvalue weighted by atomic mass is 16.6. The average Bonchev–Trinajstić information content (AvgIpc) is 2.50. The molecule has 20 heavy (non-hydrogen) atoms. The highest BCUT2D eigenvalue weighted by molar-refractivity contribution is 5.85. The van der Waals surface area contributed by atoms with Crippen molar-refractivity contribution in [3.05, 3.63) is 60.7 Å². The molecule has 0 aliphatic rings. The lowest BCUT2D eigenvalue weighted by Gasteiger charge is -2.07. The summed E-state index contributed by atoms with van der Waals surface area (Å²) in [6, 6.07) is 14.6. The maximum Gasteiger partial charge on any atom is 0.330 e. The zero-order valence-electron chi connectivity index (χ0n) is 11.4. The van der Waals surface area contributed by atoms with Crippen molar-refractivity contribution in [1.29, 1.82) is 0 Å². The van der Waals surface area contributed by atoms with E-state index >= 15 is 0 Å². The Morgan fingerprint density at radius 2 is 1.85 bits per heavy atom. The van der Waals surface area contributed by atoms with Crippen molar-refractivity contribution in [2.45, 2.75) is 6.42 Å². The molecule has 0 heterocycles. The summed E-state index contributed by atoms with van der Waals surface area (Å²) in [5, 5.41) is 2.50. The van der Waals surface area contributed by atoms with Gasteiger partial charge in [-0.2, -0.15) is 0 Å². The summed E-state index contributed by atoms with van der Waals surface area (Å²) in [6.45, 7) is 4.61. The molecule has 0 saturated heterocycles. The third-order valence-corrected chi connectivity index (χ3v) is 3.03. The van der Waals surface area contributed by atoms with E-state index in [1.807, 2.05) is 12.1 Å². The van der Waals surface area contributed by atoms with Gasteiger partial charge < -0.3 is 9.47 Å². The molecule has 0 radical (unpaired) electrons. The molecule has 0 aromatic heterocycles. The number of hydrogen-bond donors (Lipinski definition) is 0. The number of ether oxygens (including phenoxy) is 2. The summed E-state index contributed by atoms with van der Waals surface area (Å²) in [5.74, 6) is -0.414. The van der Waals surface area contributed by atoms with Crippen LogP contribution in [-0.4, -0.2) is 25.8 Å². The maximum absolute atomic E-state index is 10.8. The van der Waals surface area contributed by atoms with Gasteiger partial charge in [0.05, 0.1) is 13.2 Å². The second-order valence-corrected chi connectivity index (χ2v) is 4.37. The number of carbonyl (C=O) groups excluding carboxylic acids is 1. The van der Waals surface area contributed by atoms with Gasteiger partial charge in [-0.05, 0) is 22.8 Å². The monoisotopic (exact) mass is 270 g/mol. The summed E-state index contributed by atoms with van der Waals surface area (Å²) >= 11 is 0.